The highest BCUT2D eigenvalue weighted by atomic mass is 31.2. The van der Waals surface area contributed by atoms with E-state index in [1.54, 1.807) is 38.0 Å². The molecule has 0 spiro atoms. The number of ether oxygens (including phenoxy) is 1. The lowest BCUT2D eigenvalue weighted by Gasteiger charge is -2.18. The molecule has 0 amide bonds. The zero-order valence-electron chi connectivity index (χ0n) is 13.4. The molecule has 0 unspecified atom stereocenters. The third kappa shape index (κ3) is 4.54. The summed E-state index contributed by atoms with van der Waals surface area (Å²) in [5.41, 5.74) is 1.95. The molecule has 0 fully saturated rings. The van der Waals surface area contributed by atoms with E-state index >= 15 is 0 Å². The van der Waals surface area contributed by atoms with E-state index in [1.165, 1.54) is 5.56 Å². The van der Waals surface area contributed by atoms with E-state index in [1.807, 2.05) is 24.3 Å². The normalized spacial score (nSPS) is 13.5. The average molecular weight is 319 g/mol. The van der Waals surface area contributed by atoms with Crippen LogP contribution in [0, 0.1) is 0 Å². The summed E-state index contributed by atoms with van der Waals surface area (Å²) in [4.78, 5) is 0. The number of hydrogen-bond acceptors (Lipinski definition) is 3. The standard InChI is InChI=1S/C17H22NO3P/c1-13(2)14-5-9-17(10-6-14)21-22(4,19)18-15-7-11-16(20-3)12-8-15/h5-13H,1-4H3,(H,18,19)/t22-/m0/s1. The van der Waals surface area contributed by atoms with Crippen LogP contribution < -0.4 is 14.3 Å². The lowest BCUT2D eigenvalue weighted by Crippen LogP contribution is -2.02. The Hall–Kier alpha value is -1.93. The van der Waals surface area contributed by atoms with Gasteiger partial charge < -0.3 is 14.3 Å². The van der Waals surface area contributed by atoms with Gasteiger partial charge in [-0.2, -0.15) is 0 Å². The largest absolute Gasteiger partial charge is 0.497 e. The highest BCUT2D eigenvalue weighted by molar-refractivity contribution is 7.60. The Kier molecular flexibility index (Phi) is 5.15. The highest BCUT2D eigenvalue weighted by Gasteiger charge is 2.17. The van der Waals surface area contributed by atoms with Crippen molar-refractivity contribution >= 4 is 13.2 Å². The van der Waals surface area contributed by atoms with Gasteiger partial charge in [-0.1, -0.05) is 26.0 Å². The van der Waals surface area contributed by atoms with Gasteiger partial charge in [-0.15, -0.1) is 0 Å². The predicted octanol–water partition coefficient (Wildman–Crippen LogP) is 5.13. The molecule has 1 atom stereocenters. The molecule has 1 N–H and O–H groups in total. The molecule has 2 aromatic rings. The molecule has 0 heterocycles. The summed E-state index contributed by atoms with van der Waals surface area (Å²) in [6.45, 7) is 5.82. The minimum absolute atomic E-state index is 0.458. The number of anilines is 1. The third-order valence-electron chi connectivity index (χ3n) is 3.25. The molecule has 2 aromatic carbocycles. The van der Waals surface area contributed by atoms with Gasteiger partial charge >= 0.3 is 7.52 Å². The maximum atomic E-state index is 12.6. The molecule has 0 saturated heterocycles. The molecule has 0 aliphatic heterocycles. The van der Waals surface area contributed by atoms with Crippen molar-refractivity contribution in [1.29, 1.82) is 0 Å². The maximum absolute atomic E-state index is 12.6. The van der Waals surface area contributed by atoms with Crippen molar-refractivity contribution in [2.45, 2.75) is 19.8 Å². The first-order valence-corrected chi connectivity index (χ1v) is 9.26. The molecule has 0 aromatic heterocycles. The van der Waals surface area contributed by atoms with Crippen LogP contribution >= 0.6 is 7.52 Å². The summed E-state index contributed by atoms with van der Waals surface area (Å²) in [5.74, 6) is 1.80. The van der Waals surface area contributed by atoms with E-state index in [4.69, 9.17) is 9.26 Å². The Morgan fingerprint density at radius 1 is 0.955 bits per heavy atom. The maximum Gasteiger partial charge on any atom is 0.338 e. The van der Waals surface area contributed by atoms with Gasteiger partial charge in [0.2, 0.25) is 0 Å². The van der Waals surface area contributed by atoms with E-state index in [0.717, 1.165) is 11.4 Å². The second kappa shape index (κ2) is 6.89. The van der Waals surface area contributed by atoms with Crippen molar-refractivity contribution in [2.75, 3.05) is 18.9 Å². The molecule has 22 heavy (non-hydrogen) atoms. The summed E-state index contributed by atoms with van der Waals surface area (Å²) in [7, 11) is -1.38. The topological polar surface area (TPSA) is 47.6 Å². The summed E-state index contributed by atoms with van der Waals surface area (Å²) in [6.07, 6.45) is 0. The van der Waals surface area contributed by atoms with Crippen molar-refractivity contribution in [3.63, 3.8) is 0 Å². The van der Waals surface area contributed by atoms with Gasteiger partial charge in [-0.3, -0.25) is 4.57 Å². The van der Waals surface area contributed by atoms with Crippen molar-refractivity contribution in [1.82, 2.24) is 0 Å². The number of hydrogen-bond donors (Lipinski definition) is 1. The minimum Gasteiger partial charge on any atom is -0.497 e. The van der Waals surface area contributed by atoms with Gasteiger partial charge in [0.25, 0.3) is 0 Å². The molecular formula is C17H22NO3P. The monoisotopic (exact) mass is 319 g/mol. The fraction of sp³-hybridized carbons (Fsp3) is 0.294. The van der Waals surface area contributed by atoms with Crippen LogP contribution in [0.15, 0.2) is 48.5 Å². The first kappa shape index (κ1) is 16.4. The van der Waals surface area contributed by atoms with Crippen molar-refractivity contribution in [3.8, 4) is 11.5 Å². The van der Waals surface area contributed by atoms with Gasteiger partial charge in [0.15, 0.2) is 0 Å². The van der Waals surface area contributed by atoms with Crippen LogP contribution in [0.25, 0.3) is 0 Å². The van der Waals surface area contributed by atoms with Crippen LogP contribution in [-0.2, 0) is 4.57 Å². The molecule has 0 radical (unpaired) electrons. The van der Waals surface area contributed by atoms with Crippen LogP contribution in [0.1, 0.15) is 25.3 Å². The van der Waals surface area contributed by atoms with E-state index in [9.17, 15) is 4.57 Å². The zero-order valence-corrected chi connectivity index (χ0v) is 14.3. The fourth-order valence-corrected chi connectivity index (χ4v) is 3.23. The van der Waals surface area contributed by atoms with Gasteiger partial charge in [-0.25, -0.2) is 0 Å². The van der Waals surface area contributed by atoms with Crippen LogP contribution in [0.2, 0.25) is 0 Å². The Labute approximate surface area is 132 Å². The second-order valence-electron chi connectivity index (χ2n) is 5.50. The lowest BCUT2D eigenvalue weighted by molar-refractivity contribution is 0.415. The molecule has 0 bridgehead atoms. The molecule has 0 aliphatic carbocycles. The molecule has 5 heteroatoms. The third-order valence-corrected chi connectivity index (χ3v) is 4.47. The molecule has 4 nitrogen and oxygen atoms in total. The Bertz CT molecular complexity index is 651. The van der Waals surface area contributed by atoms with Gasteiger partial charge in [0.1, 0.15) is 11.5 Å². The quantitative estimate of drug-likeness (QED) is 0.750. The van der Waals surface area contributed by atoms with Gasteiger partial charge in [-0.05, 0) is 47.9 Å². The minimum atomic E-state index is -2.99. The smallest absolute Gasteiger partial charge is 0.338 e. The van der Waals surface area contributed by atoms with Gasteiger partial charge in [0.05, 0.1) is 7.11 Å². The van der Waals surface area contributed by atoms with E-state index in [-0.39, 0.29) is 0 Å². The SMILES string of the molecule is COc1ccc(N[P@@](C)(=O)Oc2ccc(C(C)C)cc2)cc1. The molecule has 118 valence electrons. The summed E-state index contributed by atoms with van der Waals surface area (Å²) >= 11 is 0. The molecular weight excluding hydrogens is 297 g/mol. The Morgan fingerprint density at radius 2 is 1.50 bits per heavy atom. The van der Waals surface area contributed by atoms with Crippen molar-refractivity contribution < 1.29 is 13.8 Å². The number of benzene rings is 2. The van der Waals surface area contributed by atoms with E-state index in [2.05, 4.69) is 18.9 Å². The lowest BCUT2D eigenvalue weighted by atomic mass is 10.0. The Morgan fingerprint density at radius 3 is 2.00 bits per heavy atom. The van der Waals surface area contributed by atoms with E-state index in [0.29, 0.717) is 11.7 Å². The molecule has 0 aliphatic rings. The first-order chi connectivity index (χ1) is 10.4. The van der Waals surface area contributed by atoms with Crippen LogP contribution in [0.3, 0.4) is 0 Å². The summed E-state index contributed by atoms with van der Waals surface area (Å²) in [5, 5.41) is 2.93. The summed E-state index contributed by atoms with van der Waals surface area (Å²) < 4.78 is 23.3. The molecule has 2 rings (SSSR count). The highest BCUT2D eigenvalue weighted by Crippen LogP contribution is 2.43. The second-order valence-corrected chi connectivity index (χ2v) is 7.60. The van der Waals surface area contributed by atoms with E-state index < -0.39 is 7.52 Å². The fourth-order valence-electron chi connectivity index (χ4n) is 2.04. The Balaban J connectivity index is 2.04. The zero-order chi connectivity index (χ0) is 16.2. The van der Waals surface area contributed by atoms with Gasteiger partial charge in [0, 0.05) is 12.4 Å². The summed E-state index contributed by atoms with van der Waals surface area (Å²) in [6, 6.07) is 14.9. The average Bonchev–Trinajstić information content (AvgIpc) is 2.47. The van der Waals surface area contributed by atoms with Crippen LogP contribution in [-0.4, -0.2) is 13.8 Å². The molecule has 0 saturated carbocycles. The first-order valence-electron chi connectivity index (χ1n) is 7.19. The van der Waals surface area contributed by atoms with Crippen molar-refractivity contribution in [2.24, 2.45) is 0 Å². The number of rotatable bonds is 6. The van der Waals surface area contributed by atoms with Crippen LogP contribution in [0.4, 0.5) is 5.69 Å². The van der Waals surface area contributed by atoms with Crippen molar-refractivity contribution in [3.05, 3.63) is 54.1 Å². The number of nitrogens with one attached hydrogen (secondary N) is 1. The van der Waals surface area contributed by atoms with Crippen LogP contribution in [0.5, 0.6) is 11.5 Å². The number of methoxy groups -OCH3 is 1. The predicted molar refractivity (Wildman–Crippen MR) is 91.3 cm³/mol.